The van der Waals surface area contributed by atoms with Crippen LogP contribution in [0.25, 0.3) is 0 Å². The van der Waals surface area contributed by atoms with Crippen LogP contribution in [-0.2, 0) is 9.59 Å². The third-order valence-electron chi connectivity index (χ3n) is 7.14. The molecule has 1 atom stereocenters. The van der Waals surface area contributed by atoms with Crippen LogP contribution in [0, 0.1) is 5.92 Å². The predicted molar refractivity (Wildman–Crippen MR) is 125 cm³/mol. The summed E-state index contributed by atoms with van der Waals surface area (Å²) in [5.74, 6) is -1.19. The van der Waals surface area contributed by atoms with E-state index in [0.29, 0.717) is 16.8 Å². The van der Waals surface area contributed by atoms with E-state index in [2.05, 4.69) is 36.3 Å². The number of fused-ring (bicyclic) bond motifs is 1. The normalized spacial score (nSPS) is 22.5. The maximum absolute atomic E-state index is 13.1. The Hall–Kier alpha value is -2.74. The number of carbonyl (C=O) groups is 4. The number of hydrogen-bond acceptors (Lipinski definition) is 6. The fraction of sp³-hybridized carbons (Fsp3) is 0.600. The van der Waals surface area contributed by atoms with Crippen LogP contribution < -0.4 is 10.6 Å². The van der Waals surface area contributed by atoms with Gasteiger partial charge in [-0.2, -0.15) is 0 Å². The minimum absolute atomic E-state index is 0.115. The highest BCUT2D eigenvalue weighted by Crippen LogP contribution is 2.32. The van der Waals surface area contributed by atoms with Gasteiger partial charge in [0.25, 0.3) is 11.8 Å². The molecule has 0 spiro atoms. The fourth-order valence-electron chi connectivity index (χ4n) is 5.17. The number of nitrogens with zero attached hydrogens (tertiary/aromatic N) is 2. The molecule has 3 aliphatic rings. The van der Waals surface area contributed by atoms with Gasteiger partial charge in [0, 0.05) is 24.2 Å². The zero-order valence-electron chi connectivity index (χ0n) is 19.8. The number of rotatable bonds is 6. The summed E-state index contributed by atoms with van der Waals surface area (Å²) in [6, 6.07) is 4.24. The summed E-state index contributed by atoms with van der Waals surface area (Å²) in [5.41, 5.74) is 1.49. The lowest BCUT2D eigenvalue weighted by molar-refractivity contribution is -0.136. The minimum atomic E-state index is -0.943. The predicted octanol–water partition coefficient (Wildman–Crippen LogP) is 2.79. The maximum atomic E-state index is 13.1. The zero-order valence-corrected chi connectivity index (χ0v) is 19.8. The molecule has 33 heavy (non-hydrogen) atoms. The van der Waals surface area contributed by atoms with Crippen LogP contribution in [-0.4, -0.2) is 64.6 Å². The first kappa shape index (κ1) is 23.4. The molecular formula is C25H34N4O4. The van der Waals surface area contributed by atoms with Gasteiger partial charge >= 0.3 is 0 Å². The molecule has 3 heterocycles. The number of benzene rings is 1. The average Bonchev–Trinajstić information content (AvgIpc) is 3.02. The second-order valence-electron chi connectivity index (χ2n) is 10.3. The van der Waals surface area contributed by atoms with Crippen LogP contribution in [0.3, 0.4) is 0 Å². The van der Waals surface area contributed by atoms with Crippen LogP contribution in [0.1, 0.15) is 80.0 Å². The Labute approximate surface area is 195 Å². The molecule has 1 aromatic carbocycles. The van der Waals surface area contributed by atoms with Gasteiger partial charge in [0.1, 0.15) is 6.04 Å². The summed E-state index contributed by atoms with van der Waals surface area (Å²) in [7, 11) is 0. The topological polar surface area (TPSA) is 98.8 Å². The lowest BCUT2D eigenvalue weighted by atomic mass is 9.89. The van der Waals surface area contributed by atoms with Crippen LogP contribution in [0.5, 0.6) is 0 Å². The van der Waals surface area contributed by atoms with Gasteiger partial charge in [0.05, 0.1) is 11.1 Å². The molecule has 0 saturated carbocycles. The molecule has 2 saturated heterocycles. The molecule has 0 radical (unpaired) electrons. The molecule has 1 unspecified atom stereocenters. The second kappa shape index (κ2) is 9.25. The third kappa shape index (κ3) is 4.81. The highest BCUT2D eigenvalue weighted by atomic mass is 16.2. The quantitative estimate of drug-likeness (QED) is 0.507. The summed E-state index contributed by atoms with van der Waals surface area (Å²) < 4.78 is 0. The van der Waals surface area contributed by atoms with E-state index in [9.17, 15) is 19.2 Å². The lowest BCUT2D eigenvalue weighted by Crippen LogP contribution is -2.54. The van der Waals surface area contributed by atoms with E-state index in [1.54, 1.807) is 18.2 Å². The fourth-order valence-corrected chi connectivity index (χ4v) is 5.17. The Kier molecular flexibility index (Phi) is 6.56. The van der Waals surface area contributed by atoms with Crippen molar-refractivity contribution in [1.29, 1.82) is 0 Å². The first-order valence-electron chi connectivity index (χ1n) is 12.0. The molecule has 178 valence electrons. The number of imide groups is 2. The van der Waals surface area contributed by atoms with Gasteiger partial charge in [0.15, 0.2) is 0 Å². The van der Waals surface area contributed by atoms with Crippen molar-refractivity contribution in [2.45, 2.75) is 70.9 Å². The summed E-state index contributed by atoms with van der Waals surface area (Å²) in [5, 5.41) is 5.58. The molecule has 0 aromatic heterocycles. The Morgan fingerprint density at radius 3 is 2.42 bits per heavy atom. The van der Waals surface area contributed by atoms with Crippen molar-refractivity contribution in [3.63, 3.8) is 0 Å². The van der Waals surface area contributed by atoms with Crippen molar-refractivity contribution in [2.24, 2.45) is 5.92 Å². The molecule has 4 rings (SSSR count). The Morgan fingerprint density at radius 2 is 1.76 bits per heavy atom. The summed E-state index contributed by atoms with van der Waals surface area (Å²) in [4.78, 5) is 53.3. The number of amides is 4. The highest BCUT2D eigenvalue weighted by Gasteiger charge is 2.45. The maximum Gasteiger partial charge on any atom is 0.264 e. The first-order valence-corrected chi connectivity index (χ1v) is 12.0. The average molecular weight is 455 g/mol. The van der Waals surface area contributed by atoms with Crippen LogP contribution >= 0.6 is 0 Å². The van der Waals surface area contributed by atoms with Crippen molar-refractivity contribution in [3.8, 4) is 0 Å². The molecule has 8 nitrogen and oxygen atoms in total. The van der Waals surface area contributed by atoms with Crippen molar-refractivity contribution in [3.05, 3.63) is 29.3 Å². The molecular weight excluding hydrogens is 420 g/mol. The molecule has 1 aromatic rings. The SMILES string of the molecule is CC(C)(C)N1CCC(CCCNc2cccc3c2C(=O)N(C2CCC(=O)NC2=O)C3=O)CC1. The van der Waals surface area contributed by atoms with Gasteiger partial charge in [-0.3, -0.25) is 34.3 Å². The molecule has 8 heteroatoms. The number of nitrogens with one attached hydrogen (secondary N) is 2. The second-order valence-corrected chi connectivity index (χ2v) is 10.3. The number of anilines is 1. The van der Waals surface area contributed by atoms with Crippen LogP contribution in [0.4, 0.5) is 5.69 Å². The van der Waals surface area contributed by atoms with E-state index in [0.717, 1.165) is 43.3 Å². The monoisotopic (exact) mass is 454 g/mol. The first-order chi connectivity index (χ1) is 15.7. The van der Waals surface area contributed by atoms with E-state index in [1.165, 1.54) is 12.8 Å². The minimum Gasteiger partial charge on any atom is -0.384 e. The van der Waals surface area contributed by atoms with Gasteiger partial charge in [-0.15, -0.1) is 0 Å². The van der Waals surface area contributed by atoms with E-state index in [4.69, 9.17) is 0 Å². The largest absolute Gasteiger partial charge is 0.384 e. The summed E-state index contributed by atoms with van der Waals surface area (Å²) in [6.07, 6.45) is 4.83. The Balaban J connectivity index is 1.34. The number of carbonyl (C=O) groups excluding carboxylic acids is 4. The number of piperidine rings is 2. The van der Waals surface area contributed by atoms with Gasteiger partial charge in [0.2, 0.25) is 11.8 Å². The summed E-state index contributed by atoms with van der Waals surface area (Å²) in [6.45, 7) is 9.80. The molecule has 4 amide bonds. The van der Waals surface area contributed by atoms with E-state index < -0.39 is 23.8 Å². The standard InChI is InChI=1S/C25H34N4O4/c1-25(2,3)28-14-11-16(12-15-28)6-5-13-26-18-8-4-7-17-21(18)24(33)29(23(17)32)19-9-10-20(30)27-22(19)31/h4,7-8,16,19,26H,5-6,9-15H2,1-3H3,(H,27,30,31). The third-order valence-corrected chi connectivity index (χ3v) is 7.14. The van der Waals surface area contributed by atoms with Crippen molar-refractivity contribution < 1.29 is 19.2 Å². The van der Waals surface area contributed by atoms with Crippen molar-refractivity contribution in [2.75, 3.05) is 25.0 Å². The van der Waals surface area contributed by atoms with Crippen molar-refractivity contribution in [1.82, 2.24) is 15.1 Å². The van der Waals surface area contributed by atoms with Gasteiger partial charge in [-0.25, -0.2) is 0 Å². The highest BCUT2D eigenvalue weighted by molar-refractivity contribution is 6.25. The molecule has 2 N–H and O–H groups in total. The molecule has 3 aliphatic heterocycles. The lowest BCUT2D eigenvalue weighted by Gasteiger charge is -2.41. The summed E-state index contributed by atoms with van der Waals surface area (Å²) >= 11 is 0. The Morgan fingerprint density at radius 1 is 1.03 bits per heavy atom. The van der Waals surface area contributed by atoms with Gasteiger partial charge in [-0.05, 0) is 84.0 Å². The van der Waals surface area contributed by atoms with E-state index in [1.807, 2.05) is 0 Å². The number of hydrogen-bond donors (Lipinski definition) is 2. The van der Waals surface area contributed by atoms with Gasteiger partial charge < -0.3 is 5.32 Å². The molecule has 0 aliphatic carbocycles. The molecule has 2 fully saturated rings. The smallest absolute Gasteiger partial charge is 0.264 e. The van der Waals surface area contributed by atoms with E-state index in [-0.39, 0.29) is 24.3 Å². The molecule has 0 bridgehead atoms. The van der Waals surface area contributed by atoms with Crippen molar-refractivity contribution >= 4 is 29.3 Å². The van der Waals surface area contributed by atoms with Crippen LogP contribution in [0.2, 0.25) is 0 Å². The van der Waals surface area contributed by atoms with E-state index >= 15 is 0 Å². The van der Waals surface area contributed by atoms with Crippen LogP contribution in [0.15, 0.2) is 18.2 Å². The van der Waals surface area contributed by atoms with Gasteiger partial charge in [-0.1, -0.05) is 6.07 Å². The zero-order chi connectivity index (χ0) is 23.8. The number of likely N-dealkylation sites (tertiary alicyclic amines) is 1. The Bertz CT molecular complexity index is 960.